The van der Waals surface area contributed by atoms with Gasteiger partial charge in [0.25, 0.3) is 0 Å². The van der Waals surface area contributed by atoms with Gasteiger partial charge in [0, 0.05) is 16.5 Å². The SMILES string of the molecule is Oc1ccc(C2(c3ccc(O)c(-c4ccccc4)c3)CCCCC2)cc1-c1ccccc1. The van der Waals surface area contributed by atoms with Gasteiger partial charge in [-0.15, -0.1) is 0 Å². The van der Waals surface area contributed by atoms with E-state index in [9.17, 15) is 10.2 Å². The van der Waals surface area contributed by atoms with Crippen LogP contribution in [0.4, 0.5) is 0 Å². The molecular formula is C30H28O2. The third-order valence-corrected chi connectivity index (χ3v) is 6.97. The Bertz CT molecular complexity index is 1120. The van der Waals surface area contributed by atoms with E-state index in [-0.39, 0.29) is 5.41 Å². The molecule has 0 amide bonds. The molecule has 2 heteroatoms. The van der Waals surface area contributed by atoms with Crippen molar-refractivity contribution in [1.29, 1.82) is 0 Å². The Kier molecular flexibility index (Phi) is 5.45. The van der Waals surface area contributed by atoms with Crippen LogP contribution in [0.2, 0.25) is 0 Å². The van der Waals surface area contributed by atoms with Crippen molar-refractivity contribution in [2.24, 2.45) is 0 Å². The summed E-state index contributed by atoms with van der Waals surface area (Å²) >= 11 is 0. The van der Waals surface area contributed by atoms with Crippen LogP contribution in [-0.4, -0.2) is 10.2 Å². The molecule has 1 fully saturated rings. The van der Waals surface area contributed by atoms with Crippen LogP contribution in [0, 0.1) is 0 Å². The Hall–Kier alpha value is -3.52. The van der Waals surface area contributed by atoms with E-state index in [0.29, 0.717) is 11.5 Å². The van der Waals surface area contributed by atoms with Crippen LogP contribution in [0.1, 0.15) is 43.2 Å². The summed E-state index contributed by atoms with van der Waals surface area (Å²) in [5.74, 6) is 0.614. The van der Waals surface area contributed by atoms with Gasteiger partial charge in [-0.3, -0.25) is 0 Å². The number of rotatable bonds is 4. The van der Waals surface area contributed by atoms with Crippen LogP contribution >= 0.6 is 0 Å². The van der Waals surface area contributed by atoms with E-state index in [0.717, 1.165) is 35.1 Å². The van der Waals surface area contributed by atoms with E-state index in [1.807, 2.05) is 72.8 Å². The molecule has 5 rings (SSSR count). The summed E-state index contributed by atoms with van der Waals surface area (Å²) in [6, 6.07) is 32.4. The van der Waals surface area contributed by atoms with Crippen molar-refractivity contribution in [1.82, 2.24) is 0 Å². The molecule has 2 N–H and O–H groups in total. The van der Waals surface area contributed by atoms with Crippen molar-refractivity contribution in [2.75, 3.05) is 0 Å². The van der Waals surface area contributed by atoms with E-state index >= 15 is 0 Å². The quantitative estimate of drug-likeness (QED) is 0.355. The Morgan fingerprint density at radius 3 is 1.38 bits per heavy atom. The molecule has 160 valence electrons. The van der Waals surface area contributed by atoms with Gasteiger partial charge in [0.1, 0.15) is 11.5 Å². The maximum atomic E-state index is 10.6. The van der Waals surface area contributed by atoms with E-state index in [1.54, 1.807) is 0 Å². The smallest absolute Gasteiger partial charge is 0.123 e. The number of hydrogen-bond donors (Lipinski definition) is 2. The molecule has 0 aromatic heterocycles. The summed E-state index contributed by atoms with van der Waals surface area (Å²) in [7, 11) is 0. The minimum atomic E-state index is -0.132. The summed E-state index contributed by atoms with van der Waals surface area (Å²) in [4.78, 5) is 0. The van der Waals surface area contributed by atoms with Gasteiger partial charge in [0.05, 0.1) is 0 Å². The van der Waals surface area contributed by atoms with Crippen molar-refractivity contribution in [2.45, 2.75) is 37.5 Å². The van der Waals surface area contributed by atoms with Crippen molar-refractivity contribution < 1.29 is 10.2 Å². The fraction of sp³-hybridized carbons (Fsp3) is 0.200. The van der Waals surface area contributed by atoms with Gasteiger partial charge in [0.15, 0.2) is 0 Å². The highest BCUT2D eigenvalue weighted by molar-refractivity contribution is 5.73. The number of phenols is 2. The highest BCUT2D eigenvalue weighted by atomic mass is 16.3. The summed E-state index contributed by atoms with van der Waals surface area (Å²) in [6.45, 7) is 0. The molecule has 32 heavy (non-hydrogen) atoms. The first-order chi connectivity index (χ1) is 15.7. The molecule has 0 unspecified atom stereocenters. The van der Waals surface area contributed by atoms with Gasteiger partial charge in [-0.25, -0.2) is 0 Å². The summed E-state index contributed by atoms with van der Waals surface area (Å²) in [5, 5.41) is 21.3. The molecule has 1 aliphatic rings. The second-order valence-electron chi connectivity index (χ2n) is 8.84. The van der Waals surface area contributed by atoms with Crippen LogP contribution in [0.3, 0.4) is 0 Å². The largest absolute Gasteiger partial charge is 0.507 e. The molecular weight excluding hydrogens is 392 g/mol. The Morgan fingerprint density at radius 2 is 0.938 bits per heavy atom. The van der Waals surface area contributed by atoms with Crippen LogP contribution in [0.15, 0.2) is 97.1 Å². The Morgan fingerprint density at radius 1 is 0.500 bits per heavy atom. The first-order valence-corrected chi connectivity index (χ1v) is 11.5. The highest BCUT2D eigenvalue weighted by Gasteiger charge is 2.36. The average Bonchev–Trinajstić information content (AvgIpc) is 2.86. The number of benzene rings is 4. The monoisotopic (exact) mass is 420 g/mol. The minimum Gasteiger partial charge on any atom is -0.507 e. The molecule has 0 atom stereocenters. The molecule has 0 spiro atoms. The molecule has 1 saturated carbocycles. The van der Waals surface area contributed by atoms with Crippen LogP contribution in [0.5, 0.6) is 11.5 Å². The van der Waals surface area contributed by atoms with Gasteiger partial charge in [-0.05, 0) is 59.4 Å². The van der Waals surface area contributed by atoms with Crippen molar-refractivity contribution in [3.05, 3.63) is 108 Å². The van der Waals surface area contributed by atoms with Gasteiger partial charge < -0.3 is 10.2 Å². The fourth-order valence-electron chi connectivity index (χ4n) is 5.26. The van der Waals surface area contributed by atoms with Crippen LogP contribution < -0.4 is 0 Å². The third-order valence-electron chi connectivity index (χ3n) is 6.97. The van der Waals surface area contributed by atoms with Gasteiger partial charge in [-0.1, -0.05) is 92.1 Å². The van der Waals surface area contributed by atoms with Crippen molar-refractivity contribution in [3.8, 4) is 33.8 Å². The first-order valence-electron chi connectivity index (χ1n) is 11.5. The lowest BCUT2D eigenvalue weighted by Crippen LogP contribution is -2.30. The summed E-state index contributed by atoms with van der Waals surface area (Å²) < 4.78 is 0. The number of aromatic hydroxyl groups is 2. The van der Waals surface area contributed by atoms with Gasteiger partial charge >= 0.3 is 0 Å². The zero-order valence-corrected chi connectivity index (χ0v) is 18.2. The standard InChI is InChI=1S/C30H28O2/c31-28-16-14-24(20-26(28)22-10-4-1-5-11-22)30(18-8-3-9-19-30)25-15-17-29(32)27(21-25)23-12-6-2-7-13-23/h1-2,4-7,10-17,20-21,31-32H,3,8-9,18-19H2. The van der Waals surface area contributed by atoms with E-state index in [4.69, 9.17) is 0 Å². The molecule has 0 radical (unpaired) electrons. The minimum absolute atomic E-state index is 0.132. The lowest BCUT2D eigenvalue weighted by Gasteiger charge is -2.39. The Labute approximate surface area is 189 Å². The summed E-state index contributed by atoms with van der Waals surface area (Å²) in [5.41, 5.74) is 6.12. The van der Waals surface area contributed by atoms with Gasteiger partial charge in [0.2, 0.25) is 0 Å². The predicted molar refractivity (Wildman–Crippen MR) is 131 cm³/mol. The maximum Gasteiger partial charge on any atom is 0.123 e. The third kappa shape index (κ3) is 3.67. The highest BCUT2D eigenvalue weighted by Crippen LogP contribution is 2.48. The molecule has 4 aromatic rings. The second kappa shape index (κ2) is 8.55. The Balaban J connectivity index is 1.67. The van der Waals surface area contributed by atoms with E-state index in [2.05, 4.69) is 24.3 Å². The lowest BCUT2D eigenvalue weighted by atomic mass is 9.64. The topological polar surface area (TPSA) is 40.5 Å². The normalized spacial score (nSPS) is 15.4. The average molecular weight is 421 g/mol. The zero-order chi connectivity index (χ0) is 22.0. The van der Waals surface area contributed by atoms with E-state index in [1.165, 1.54) is 30.4 Å². The molecule has 1 aliphatic carbocycles. The second-order valence-corrected chi connectivity index (χ2v) is 8.84. The maximum absolute atomic E-state index is 10.6. The van der Waals surface area contributed by atoms with E-state index < -0.39 is 0 Å². The first kappa shape index (κ1) is 20.4. The predicted octanol–water partition coefficient (Wildman–Crippen LogP) is 7.68. The van der Waals surface area contributed by atoms with Crippen molar-refractivity contribution >= 4 is 0 Å². The zero-order valence-electron chi connectivity index (χ0n) is 18.2. The molecule has 0 heterocycles. The number of hydrogen-bond acceptors (Lipinski definition) is 2. The van der Waals surface area contributed by atoms with Crippen LogP contribution in [0.25, 0.3) is 22.3 Å². The van der Waals surface area contributed by atoms with Crippen molar-refractivity contribution in [3.63, 3.8) is 0 Å². The molecule has 0 saturated heterocycles. The fourth-order valence-corrected chi connectivity index (χ4v) is 5.26. The molecule has 4 aromatic carbocycles. The van der Waals surface area contributed by atoms with Gasteiger partial charge in [-0.2, -0.15) is 0 Å². The molecule has 0 aliphatic heterocycles. The van der Waals surface area contributed by atoms with Crippen LogP contribution in [-0.2, 0) is 5.41 Å². The molecule has 0 bridgehead atoms. The summed E-state index contributed by atoms with van der Waals surface area (Å²) in [6.07, 6.45) is 5.71. The lowest BCUT2D eigenvalue weighted by molar-refractivity contribution is 0.345. The molecule has 2 nitrogen and oxygen atoms in total. The number of phenolic OH excluding ortho intramolecular Hbond substituents is 2.